The van der Waals surface area contributed by atoms with E-state index in [0.717, 1.165) is 16.0 Å². The van der Waals surface area contributed by atoms with Gasteiger partial charge in [0.25, 0.3) is 5.91 Å². The Bertz CT molecular complexity index is 1700. The zero-order valence-corrected chi connectivity index (χ0v) is 32.8. The third kappa shape index (κ3) is 11.4. The molecule has 50 heavy (non-hydrogen) atoms. The van der Waals surface area contributed by atoms with E-state index in [1.807, 2.05) is 87.6 Å². The SMILES string of the molecule is CC(C)(C)OC(=O)C(NC(=O)[C@H](Cc1ccc(C2=NC[C@H](Br)C=N2)cc1)NC(=O)c1ccc(C(C)(C)C)s1)C(OC(C)(C)C)c1ccccc1. The number of carbonyl (C=O) groups is 3. The van der Waals surface area contributed by atoms with Crippen molar-refractivity contribution in [1.29, 1.82) is 0 Å². The summed E-state index contributed by atoms with van der Waals surface area (Å²) in [6.07, 6.45) is 1.09. The van der Waals surface area contributed by atoms with Gasteiger partial charge in [0.15, 0.2) is 11.9 Å². The number of amidine groups is 1. The van der Waals surface area contributed by atoms with Gasteiger partial charge in [-0.1, -0.05) is 91.3 Å². The number of nitrogens with one attached hydrogen (secondary N) is 2. The molecule has 0 bridgehead atoms. The molecule has 11 heteroatoms. The molecule has 0 saturated carbocycles. The predicted molar refractivity (Wildman–Crippen MR) is 205 cm³/mol. The second-order valence-corrected chi connectivity index (χ2v) is 17.6. The van der Waals surface area contributed by atoms with E-state index in [-0.39, 0.29) is 22.6 Å². The zero-order chi connectivity index (χ0) is 36.9. The van der Waals surface area contributed by atoms with Crippen LogP contribution in [-0.2, 0) is 30.9 Å². The highest BCUT2D eigenvalue weighted by Gasteiger charge is 2.39. The molecule has 2 amide bonds. The molecule has 4 rings (SSSR count). The molecular weight excluding hydrogens is 716 g/mol. The molecule has 2 heterocycles. The van der Waals surface area contributed by atoms with Crippen molar-refractivity contribution in [3.05, 3.63) is 93.2 Å². The van der Waals surface area contributed by atoms with Crippen LogP contribution in [0.2, 0.25) is 0 Å². The lowest BCUT2D eigenvalue weighted by molar-refractivity contribution is -0.167. The normalized spacial score (nSPS) is 16.9. The highest BCUT2D eigenvalue weighted by molar-refractivity contribution is 9.10. The summed E-state index contributed by atoms with van der Waals surface area (Å²) in [5.74, 6) is -0.940. The molecule has 0 saturated heterocycles. The minimum atomic E-state index is -1.22. The van der Waals surface area contributed by atoms with Crippen LogP contribution in [-0.4, -0.2) is 64.5 Å². The number of hydrogen-bond donors (Lipinski definition) is 2. The van der Waals surface area contributed by atoms with E-state index in [9.17, 15) is 14.4 Å². The lowest BCUT2D eigenvalue weighted by Gasteiger charge is -2.35. The zero-order valence-electron chi connectivity index (χ0n) is 30.4. The largest absolute Gasteiger partial charge is 0.458 e. The first-order valence-corrected chi connectivity index (χ1v) is 18.5. The third-order valence-electron chi connectivity index (χ3n) is 7.49. The van der Waals surface area contributed by atoms with Crippen LogP contribution in [0.15, 0.2) is 76.7 Å². The maximum absolute atomic E-state index is 14.4. The van der Waals surface area contributed by atoms with Crippen LogP contribution in [0.25, 0.3) is 0 Å². The van der Waals surface area contributed by atoms with Gasteiger partial charge in [0.05, 0.1) is 21.9 Å². The molecule has 1 aliphatic heterocycles. The van der Waals surface area contributed by atoms with Gasteiger partial charge in [0.1, 0.15) is 17.7 Å². The van der Waals surface area contributed by atoms with Gasteiger partial charge in [-0.05, 0) is 70.2 Å². The van der Waals surface area contributed by atoms with Crippen LogP contribution in [0.1, 0.15) is 99.7 Å². The van der Waals surface area contributed by atoms with E-state index in [2.05, 4.69) is 57.3 Å². The van der Waals surface area contributed by atoms with Crippen molar-refractivity contribution in [2.75, 3.05) is 6.54 Å². The molecule has 3 aromatic rings. The summed E-state index contributed by atoms with van der Waals surface area (Å²) in [7, 11) is 0. The summed E-state index contributed by atoms with van der Waals surface area (Å²) in [5, 5.41) is 5.90. The van der Waals surface area contributed by atoms with E-state index >= 15 is 0 Å². The maximum Gasteiger partial charge on any atom is 0.332 e. The molecule has 2 aromatic carbocycles. The number of thiophene rings is 1. The fourth-order valence-electron chi connectivity index (χ4n) is 5.14. The number of rotatable bonds is 11. The van der Waals surface area contributed by atoms with E-state index in [1.165, 1.54) is 11.3 Å². The number of alkyl halides is 1. The molecule has 268 valence electrons. The molecular formula is C39H49BrN4O5S. The number of benzene rings is 2. The van der Waals surface area contributed by atoms with Gasteiger partial charge in [-0.3, -0.25) is 14.6 Å². The van der Waals surface area contributed by atoms with Crippen molar-refractivity contribution in [1.82, 2.24) is 10.6 Å². The number of halogens is 1. The average molecular weight is 766 g/mol. The quantitative estimate of drug-likeness (QED) is 0.156. The molecule has 0 aliphatic carbocycles. The molecule has 0 radical (unpaired) electrons. The summed E-state index contributed by atoms with van der Waals surface area (Å²) >= 11 is 4.89. The fraction of sp³-hybridized carbons (Fsp3) is 0.462. The molecule has 4 atom stereocenters. The average Bonchev–Trinajstić information content (AvgIpc) is 3.54. The summed E-state index contributed by atoms with van der Waals surface area (Å²) in [5.41, 5.74) is 0.704. The molecule has 0 fully saturated rings. The number of ether oxygens (including phenoxy) is 2. The van der Waals surface area contributed by atoms with E-state index < -0.39 is 41.3 Å². The Labute approximate surface area is 308 Å². The van der Waals surface area contributed by atoms with Crippen LogP contribution in [0.5, 0.6) is 0 Å². The Balaban J connectivity index is 1.69. The van der Waals surface area contributed by atoms with Crippen molar-refractivity contribution >= 4 is 57.1 Å². The number of nitrogens with zero attached hydrogens (tertiary/aromatic N) is 2. The first-order valence-electron chi connectivity index (χ1n) is 16.8. The molecule has 1 aliphatic rings. The smallest absolute Gasteiger partial charge is 0.332 e. The van der Waals surface area contributed by atoms with E-state index in [4.69, 9.17) is 9.47 Å². The Morgan fingerprint density at radius 2 is 1.54 bits per heavy atom. The third-order valence-corrected chi connectivity index (χ3v) is 9.52. The van der Waals surface area contributed by atoms with E-state index in [0.29, 0.717) is 22.8 Å². The van der Waals surface area contributed by atoms with Gasteiger partial charge in [-0.25, -0.2) is 9.79 Å². The van der Waals surface area contributed by atoms with Crippen LogP contribution < -0.4 is 10.6 Å². The predicted octanol–water partition coefficient (Wildman–Crippen LogP) is 7.36. The van der Waals surface area contributed by atoms with Crippen molar-refractivity contribution in [2.45, 2.75) is 108 Å². The van der Waals surface area contributed by atoms with Gasteiger partial charge in [-0.2, -0.15) is 0 Å². The Kier molecular flexibility index (Phi) is 12.6. The van der Waals surface area contributed by atoms with Crippen molar-refractivity contribution < 1.29 is 23.9 Å². The molecule has 0 spiro atoms. The molecule has 1 aromatic heterocycles. The van der Waals surface area contributed by atoms with Crippen LogP contribution in [0.3, 0.4) is 0 Å². The van der Waals surface area contributed by atoms with Gasteiger partial charge >= 0.3 is 5.97 Å². The molecule has 2 N–H and O–H groups in total. The summed E-state index contributed by atoms with van der Waals surface area (Å²) < 4.78 is 12.3. The minimum absolute atomic E-state index is 0.107. The van der Waals surface area contributed by atoms with Crippen molar-refractivity contribution in [3.8, 4) is 0 Å². The Hall–Kier alpha value is -3.67. The van der Waals surface area contributed by atoms with Gasteiger partial charge < -0.3 is 20.1 Å². The van der Waals surface area contributed by atoms with Crippen LogP contribution in [0.4, 0.5) is 0 Å². The van der Waals surface area contributed by atoms with Crippen molar-refractivity contribution in [3.63, 3.8) is 0 Å². The Morgan fingerprint density at radius 1 is 0.880 bits per heavy atom. The molecule has 9 nitrogen and oxygen atoms in total. The number of esters is 1. The topological polar surface area (TPSA) is 118 Å². The number of amides is 2. The summed E-state index contributed by atoms with van der Waals surface area (Å²) in [4.78, 5) is 52.6. The van der Waals surface area contributed by atoms with Gasteiger partial charge in [-0.15, -0.1) is 11.3 Å². The number of aliphatic imine (C=N–C) groups is 2. The Morgan fingerprint density at radius 3 is 2.08 bits per heavy atom. The summed E-state index contributed by atoms with van der Waals surface area (Å²) in [6.45, 7) is 17.8. The lowest BCUT2D eigenvalue weighted by Crippen LogP contribution is -2.55. The van der Waals surface area contributed by atoms with Crippen molar-refractivity contribution in [2.24, 2.45) is 9.98 Å². The first-order chi connectivity index (χ1) is 23.3. The van der Waals surface area contributed by atoms with Gasteiger partial charge in [0, 0.05) is 23.1 Å². The summed E-state index contributed by atoms with van der Waals surface area (Å²) in [6, 6.07) is 18.3. The van der Waals surface area contributed by atoms with Gasteiger partial charge in [0.2, 0.25) is 5.91 Å². The fourth-order valence-corrected chi connectivity index (χ4v) is 6.37. The standard InChI is InChI=1S/C39H49BrN4O5S/c1-37(2,3)30-20-19-29(50-30)35(46)43-28(21-24-15-17-26(18-16-24)33-41-22-27(40)23-42-33)34(45)44-31(36(47)49-39(7,8)9)32(48-38(4,5)6)25-13-11-10-12-14-25/h10-20,22,27-28,31-32H,21,23H2,1-9H3,(H,43,46)(H,44,45)/t27-,28+,31?,32?/m1/s1. The number of hydrogen-bond acceptors (Lipinski definition) is 8. The highest BCUT2D eigenvalue weighted by Crippen LogP contribution is 2.31. The molecule has 2 unspecified atom stereocenters. The lowest BCUT2D eigenvalue weighted by atomic mass is 9.95. The van der Waals surface area contributed by atoms with E-state index in [1.54, 1.807) is 26.8 Å². The monoisotopic (exact) mass is 764 g/mol. The number of carbonyl (C=O) groups excluding carboxylic acids is 3. The first kappa shape index (κ1) is 39.1. The second kappa shape index (κ2) is 16.1. The second-order valence-electron chi connectivity index (χ2n) is 15.4. The maximum atomic E-state index is 14.4. The van der Waals surface area contributed by atoms with Crippen LogP contribution in [0, 0.1) is 0 Å². The minimum Gasteiger partial charge on any atom is -0.458 e. The highest BCUT2D eigenvalue weighted by atomic mass is 79.9. The van der Waals surface area contributed by atoms with Crippen LogP contribution >= 0.6 is 27.3 Å².